The zero-order chi connectivity index (χ0) is 15.7. The van der Waals surface area contributed by atoms with Crippen molar-refractivity contribution in [1.29, 1.82) is 0 Å². The molecule has 7 heteroatoms. The number of aromatic carboxylic acids is 1. The molecular formula is C14H16F2N2O3. The summed E-state index contributed by atoms with van der Waals surface area (Å²) in [5.74, 6) is -4.56. The lowest BCUT2D eigenvalue weighted by atomic mass is 10.1. The molecule has 1 aromatic carbocycles. The van der Waals surface area contributed by atoms with Gasteiger partial charge in [0.1, 0.15) is 0 Å². The third-order valence-corrected chi connectivity index (χ3v) is 3.70. The number of carbonyl (C=O) groups is 2. The van der Waals surface area contributed by atoms with Crippen LogP contribution in [0.4, 0.5) is 8.78 Å². The van der Waals surface area contributed by atoms with E-state index < -0.39 is 29.1 Å². The van der Waals surface area contributed by atoms with E-state index in [0.717, 1.165) is 6.42 Å². The molecule has 0 aromatic heterocycles. The molecule has 0 bridgehead atoms. The molecule has 1 N–H and O–H groups in total. The maximum Gasteiger partial charge on any atom is 0.336 e. The third kappa shape index (κ3) is 3.02. The highest BCUT2D eigenvalue weighted by atomic mass is 19.2. The second kappa shape index (κ2) is 5.77. The number of carboxylic acid groups (broad SMARTS) is 1. The molecule has 1 aromatic rings. The standard InChI is InChI=1S/C14H16F2N2O3/c1-17(2)8-3-4-18(7-8)13(19)9-5-11(15)12(16)6-10(9)14(20)21/h5-6,8H,3-4,7H2,1-2H3,(H,20,21). The first-order valence-electron chi connectivity index (χ1n) is 6.49. The Morgan fingerprint density at radius 3 is 2.29 bits per heavy atom. The van der Waals surface area contributed by atoms with E-state index in [4.69, 9.17) is 5.11 Å². The van der Waals surface area contributed by atoms with Crippen LogP contribution in [-0.2, 0) is 0 Å². The maximum atomic E-state index is 13.3. The summed E-state index contributed by atoms with van der Waals surface area (Å²) in [7, 11) is 3.78. The zero-order valence-electron chi connectivity index (χ0n) is 11.8. The number of likely N-dealkylation sites (tertiary alicyclic amines) is 1. The van der Waals surface area contributed by atoms with Gasteiger partial charge in [-0.1, -0.05) is 0 Å². The molecule has 1 saturated heterocycles. The lowest BCUT2D eigenvalue weighted by Crippen LogP contribution is -2.35. The van der Waals surface area contributed by atoms with Crippen molar-refractivity contribution in [2.45, 2.75) is 12.5 Å². The van der Waals surface area contributed by atoms with Crippen LogP contribution < -0.4 is 0 Å². The molecule has 0 saturated carbocycles. The molecule has 1 atom stereocenters. The fourth-order valence-corrected chi connectivity index (χ4v) is 2.42. The number of amides is 1. The minimum atomic E-state index is -1.46. The molecule has 114 valence electrons. The smallest absolute Gasteiger partial charge is 0.336 e. The van der Waals surface area contributed by atoms with Crippen molar-refractivity contribution in [2.75, 3.05) is 27.2 Å². The third-order valence-electron chi connectivity index (χ3n) is 3.70. The quantitative estimate of drug-likeness (QED) is 0.917. The molecule has 1 unspecified atom stereocenters. The summed E-state index contributed by atoms with van der Waals surface area (Å²) < 4.78 is 26.5. The van der Waals surface area contributed by atoms with E-state index in [-0.39, 0.29) is 11.6 Å². The van der Waals surface area contributed by atoms with E-state index in [0.29, 0.717) is 25.2 Å². The van der Waals surface area contributed by atoms with Crippen molar-refractivity contribution in [3.63, 3.8) is 0 Å². The average molecular weight is 298 g/mol. The first-order valence-corrected chi connectivity index (χ1v) is 6.49. The van der Waals surface area contributed by atoms with Crippen LogP contribution in [0.5, 0.6) is 0 Å². The number of benzene rings is 1. The summed E-state index contributed by atoms with van der Waals surface area (Å²) >= 11 is 0. The SMILES string of the molecule is CN(C)C1CCN(C(=O)c2cc(F)c(F)cc2C(=O)O)C1. The van der Waals surface area contributed by atoms with Gasteiger partial charge in [0, 0.05) is 19.1 Å². The van der Waals surface area contributed by atoms with Gasteiger partial charge in [0.2, 0.25) is 0 Å². The summed E-state index contributed by atoms with van der Waals surface area (Å²) in [5.41, 5.74) is -0.840. The summed E-state index contributed by atoms with van der Waals surface area (Å²) in [5, 5.41) is 9.04. The van der Waals surface area contributed by atoms with Crippen molar-refractivity contribution in [2.24, 2.45) is 0 Å². The Bertz CT molecular complexity index is 590. The normalized spacial score (nSPS) is 18.3. The van der Waals surface area contributed by atoms with Gasteiger partial charge in [0.25, 0.3) is 5.91 Å². The molecule has 0 radical (unpaired) electrons. The Morgan fingerprint density at radius 2 is 1.81 bits per heavy atom. The minimum absolute atomic E-state index is 0.174. The summed E-state index contributed by atoms with van der Waals surface area (Å²) in [6, 6.07) is 1.38. The number of hydrogen-bond donors (Lipinski definition) is 1. The number of hydrogen-bond acceptors (Lipinski definition) is 3. The summed E-state index contributed by atoms with van der Waals surface area (Å²) in [4.78, 5) is 26.9. The Kier molecular flexibility index (Phi) is 4.22. The van der Waals surface area contributed by atoms with E-state index in [9.17, 15) is 18.4 Å². The Labute approximate surface area is 120 Å². The first-order chi connectivity index (χ1) is 9.81. The van der Waals surface area contributed by atoms with Gasteiger partial charge in [-0.2, -0.15) is 0 Å². The van der Waals surface area contributed by atoms with Gasteiger partial charge in [-0.05, 0) is 32.6 Å². The number of halogens is 2. The molecule has 21 heavy (non-hydrogen) atoms. The number of carbonyl (C=O) groups excluding carboxylic acids is 1. The number of rotatable bonds is 3. The molecule has 1 aliphatic heterocycles. The molecule has 5 nitrogen and oxygen atoms in total. The summed E-state index contributed by atoms with van der Waals surface area (Å²) in [6.07, 6.45) is 0.755. The fraction of sp³-hybridized carbons (Fsp3) is 0.429. The van der Waals surface area contributed by atoms with E-state index in [1.807, 2.05) is 19.0 Å². The van der Waals surface area contributed by atoms with Crippen molar-refractivity contribution >= 4 is 11.9 Å². The highest BCUT2D eigenvalue weighted by molar-refractivity contribution is 6.04. The van der Waals surface area contributed by atoms with Gasteiger partial charge >= 0.3 is 5.97 Å². The van der Waals surface area contributed by atoms with E-state index >= 15 is 0 Å². The van der Waals surface area contributed by atoms with Crippen molar-refractivity contribution in [3.05, 3.63) is 34.9 Å². The number of likely N-dealkylation sites (N-methyl/N-ethyl adjacent to an activating group) is 1. The van der Waals surface area contributed by atoms with Gasteiger partial charge < -0.3 is 14.9 Å². The lowest BCUT2D eigenvalue weighted by Gasteiger charge is -2.21. The van der Waals surface area contributed by atoms with Gasteiger partial charge in [-0.25, -0.2) is 13.6 Å². The van der Waals surface area contributed by atoms with Crippen LogP contribution in [0.2, 0.25) is 0 Å². The van der Waals surface area contributed by atoms with Crippen molar-refractivity contribution in [3.8, 4) is 0 Å². The van der Waals surface area contributed by atoms with E-state index in [1.54, 1.807) is 0 Å². The van der Waals surface area contributed by atoms with Crippen LogP contribution in [0.15, 0.2) is 12.1 Å². The van der Waals surface area contributed by atoms with Gasteiger partial charge in [0.05, 0.1) is 11.1 Å². The molecule has 1 amide bonds. The lowest BCUT2D eigenvalue weighted by molar-refractivity contribution is 0.0679. The van der Waals surface area contributed by atoms with Gasteiger partial charge in [0.15, 0.2) is 11.6 Å². The van der Waals surface area contributed by atoms with Gasteiger partial charge in [-0.3, -0.25) is 4.79 Å². The monoisotopic (exact) mass is 298 g/mol. The van der Waals surface area contributed by atoms with Crippen molar-refractivity contribution < 1.29 is 23.5 Å². The number of carboxylic acids is 1. The van der Waals surface area contributed by atoms with E-state index in [2.05, 4.69) is 0 Å². The van der Waals surface area contributed by atoms with Crippen LogP contribution in [0.1, 0.15) is 27.1 Å². The Morgan fingerprint density at radius 1 is 1.24 bits per heavy atom. The van der Waals surface area contributed by atoms with Crippen LogP contribution in [0, 0.1) is 11.6 Å². The van der Waals surface area contributed by atoms with Crippen LogP contribution >= 0.6 is 0 Å². The van der Waals surface area contributed by atoms with Crippen LogP contribution in [-0.4, -0.2) is 60.0 Å². The van der Waals surface area contributed by atoms with E-state index in [1.165, 1.54) is 4.90 Å². The topological polar surface area (TPSA) is 60.9 Å². The molecular weight excluding hydrogens is 282 g/mol. The average Bonchev–Trinajstić information content (AvgIpc) is 2.90. The molecule has 0 aliphatic carbocycles. The first kappa shape index (κ1) is 15.4. The second-order valence-corrected chi connectivity index (χ2v) is 5.27. The maximum absolute atomic E-state index is 13.3. The molecule has 1 heterocycles. The van der Waals surface area contributed by atoms with Crippen molar-refractivity contribution in [1.82, 2.24) is 9.80 Å². The Balaban J connectivity index is 2.31. The highest BCUT2D eigenvalue weighted by Crippen LogP contribution is 2.21. The predicted molar refractivity (Wildman–Crippen MR) is 71.3 cm³/mol. The second-order valence-electron chi connectivity index (χ2n) is 5.27. The summed E-state index contributed by atoms with van der Waals surface area (Å²) in [6.45, 7) is 0.892. The largest absolute Gasteiger partial charge is 0.478 e. The zero-order valence-corrected chi connectivity index (χ0v) is 11.8. The molecule has 2 rings (SSSR count). The molecule has 1 aliphatic rings. The molecule has 1 fully saturated rings. The predicted octanol–water partition coefficient (Wildman–Crippen LogP) is 1.44. The number of nitrogens with zero attached hydrogens (tertiary/aromatic N) is 2. The molecule has 0 spiro atoms. The minimum Gasteiger partial charge on any atom is -0.478 e. The highest BCUT2D eigenvalue weighted by Gasteiger charge is 2.30. The van der Waals surface area contributed by atoms with Crippen LogP contribution in [0.3, 0.4) is 0 Å². The fourth-order valence-electron chi connectivity index (χ4n) is 2.42. The van der Waals surface area contributed by atoms with Gasteiger partial charge in [-0.15, -0.1) is 0 Å². The Hall–Kier alpha value is -2.02. The van der Waals surface area contributed by atoms with Crippen LogP contribution in [0.25, 0.3) is 0 Å².